The Morgan fingerprint density at radius 2 is 2.00 bits per heavy atom. The van der Waals surface area contributed by atoms with Crippen LogP contribution in [0.1, 0.15) is 22.3 Å². The van der Waals surface area contributed by atoms with Gasteiger partial charge in [-0.15, -0.1) is 0 Å². The number of hydrogen-bond acceptors (Lipinski definition) is 3. The molecule has 15 heavy (non-hydrogen) atoms. The highest BCUT2D eigenvalue weighted by Crippen LogP contribution is 2.06. The lowest BCUT2D eigenvalue weighted by molar-refractivity contribution is 0.0953. The monoisotopic (exact) mass is 205 g/mol. The van der Waals surface area contributed by atoms with Crippen LogP contribution in [0.25, 0.3) is 6.08 Å². The quantitative estimate of drug-likeness (QED) is 0.383. The summed E-state index contributed by atoms with van der Waals surface area (Å²) in [5, 5.41) is 0. The van der Waals surface area contributed by atoms with Gasteiger partial charge in [0.1, 0.15) is 0 Å². The van der Waals surface area contributed by atoms with Gasteiger partial charge in [0.25, 0.3) is 5.91 Å². The molecule has 1 aromatic rings. The summed E-state index contributed by atoms with van der Waals surface area (Å²) in [6.45, 7) is 0.643. The minimum absolute atomic E-state index is 0.285. The Balaban J connectivity index is 2.68. The van der Waals surface area contributed by atoms with Crippen LogP contribution < -0.4 is 17.0 Å². The molecule has 1 amide bonds. The molecule has 0 spiro atoms. The lowest BCUT2D eigenvalue weighted by Crippen LogP contribution is -2.29. The van der Waals surface area contributed by atoms with Crippen molar-refractivity contribution in [3.63, 3.8) is 0 Å². The maximum Gasteiger partial charge on any atom is 0.265 e. The number of rotatable bonds is 4. The third-order valence-corrected chi connectivity index (χ3v) is 1.95. The first kappa shape index (κ1) is 11.4. The van der Waals surface area contributed by atoms with Gasteiger partial charge >= 0.3 is 0 Å². The maximum atomic E-state index is 11.1. The molecule has 0 atom stereocenters. The molecular weight excluding hydrogens is 190 g/mol. The Morgan fingerprint density at radius 3 is 2.53 bits per heavy atom. The fraction of sp³-hybridized carbons (Fsp3) is 0.182. The van der Waals surface area contributed by atoms with Crippen LogP contribution in [-0.4, -0.2) is 12.5 Å². The normalized spacial score (nSPS) is 10.5. The molecule has 0 aromatic heterocycles. The minimum atomic E-state index is -0.285. The summed E-state index contributed by atoms with van der Waals surface area (Å²) < 4.78 is 0. The number of carbonyl (C=O) groups excluding carboxylic acids is 1. The van der Waals surface area contributed by atoms with E-state index in [4.69, 9.17) is 11.6 Å². The molecule has 1 aromatic carbocycles. The first-order valence-corrected chi connectivity index (χ1v) is 4.75. The number of amides is 1. The van der Waals surface area contributed by atoms with Gasteiger partial charge in [-0.25, -0.2) is 5.84 Å². The molecule has 0 fully saturated rings. The number of nitrogen functional groups attached to an aromatic ring is 1. The second kappa shape index (κ2) is 5.95. The number of hydrogen-bond donors (Lipinski definition) is 3. The van der Waals surface area contributed by atoms with Crippen LogP contribution in [0, 0.1) is 0 Å². The molecule has 0 saturated heterocycles. The Bertz CT molecular complexity index is 343. The maximum absolute atomic E-state index is 11.1. The average molecular weight is 205 g/mol. The van der Waals surface area contributed by atoms with E-state index >= 15 is 0 Å². The van der Waals surface area contributed by atoms with Gasteiger partial charge in [-0.05, 0) is 30.7 Å². The number of benzene rings is 1. The third-order valence-electron chi connectivity index (χ3n) is 1.95. The molecule has 80 valence electrons. The zero-order valence-corrected chi connectivity index (χ0v) is 8.44. The molecule has 4 heteroatoms. The SMILES string of the molecule is NCCC=Cc1ccc(C(=O)NN)cc1. The summed E-state index contributed by atoms with van der Waals surface area (Å²) in [4.78, 5) is 11.1. The Morgan fingerprint density at radius 1 is 1.33 bits per heavy atom. The van der Waals surface area contributed by atoms with E-state index in [-0.39, 0.29) is 5.91 Å². The van der Waals surface area contributed by atoms with Crippen LogP contribution in [-0.2, 0) is 0 Å². The van der Waals surface area contributed by atoms with Crippen molar-refractivity contribution >= 4 is 12.0 Å². The second-order valence-corrected chi connectivity index (χ2v) is 3.08. The van der Waals surface area contributed by atoms with E-state index in [1.54, 1.807) is 12.1 Å². The lowest BCUT2D eigenvalue weighted by Gasteiger charge is -1.99. The predicted molar refractivity (Wildman–Crippen MR) is 60.8 cm³/mol. The highest BCUT2D eigenvalue weighted by molar-refractivity contribution is 5.93. The summed E-state index contributed by atoms with van der Waals surface area (Å²) >= 11 is 0. The van der Waals surface area contributed by atoms with E-state index in [0.29, 0.717) is 12.1 Å². The van der Waals surface area contributed by atoms with Gasteiger partial charge in [0.2, 0.25) is 0 Å². The molecule has 0 aliphatic rings. The van der Waals surface area contributed by atoms with Crippen molar-refractivity contribution in [3.05, 3.63) is 41.5 Å². The fourth-order valence-corrected chi connectivity index (χ4v) is 1.14. The van der Waals surface area contributed by atoms with Crippen molar-refractivity contribution < 1.29 is 4.79 Å². The summed E-state index contributed by atoms with van der Waals surface area (Å²) in [5.41, 5.74) is 9.02. The van der Waals surface area contributed by atoms with Crippen LogP contribution >= 0.6 is 0 Å². The van der Waals surface area contributed by atoms with Crippen molar-refractivity contribution in [2.24, 2.45) is 11.6 Å². The number of carbonyl (C=O) groups is 1. The van der Waals surface area contributed by atoms with Crippen molar-refractivity contribution in [2.45, 2.75) is 6.42 Å². The zero-order valence-electron chi connectivity index (χ0n) is 8.44. The molecule has 5 N–H and O–H groups in total. The molecule has 0 unspecified atom stereocenters. The van der Waals surface area contributed by atoms with Crippen LogP contribution in [0.15, 0.2) is 30.3 Å². The van der Waals surface area contributed by atoms with Gasteiger partial charge < -0.3 is 5.73 Å². The molecule has 1 rings (SSSR count). The first-order valence-electron chi connectivity index (χ1n) is 4.75. The Kier molecular flexibility index (Phi) is 4.53. The number of nitrogens with two attached hydrogens (primary N) is 2. The summed E-state index contributed by atoms with van der Waals surface area (Å²) in [6.07, 6.45) is 4.82. The van der Waals surface area contributed by atoms with Gasteiger partial charge in [-0.3, -0.25) is 10.2 Å². The number of hydrazine groups is 1. The van der Waals surface area contributed by atoms with Crippen LogP contribution in [0.3, 0.4) is 0 Å². The average Bonchev–Trinajstić information content (AvgIpc) is 2.29. The van der Waals surface area contributed by atoms with Gasteiger partial charge in [0, 0.05) is 5.56 Å². The Hall–Kier alpha value is -1.65. The standard InChI is InChI=1S/C11H15N3O/c12-8-2-1-3-9-4-6-10(7-5-9)11(15)14-13/h1,3-7H,2,8,12-13H2,(H,14,15). The summed E-state index contributed by atoms with van der Waals surface area (Å²) in [6, 6.07) is 7.17. The molecule has 0 saturated carbocycles. The van der Waals surface area contributed by atoms with Gasteiger partial charge in [-0.2, -0.15) is 0 Å². The van der Waals surface area contributed by atoms with Crippen molar-refractivity contribution in [3.8, 4) is 0 Å². The molecule has 0 radical (unpaired) electrons. The summed E-state index contributed by atoms with van der Waals surface area (Å²) in [7, 11) is 0. The van der Waals surface area contributed by atoms with Gasteiger partial charge in [0.15, 0.2) is 0 Å². The van der Waals surface area contributed by atoms with Crippen LogP contribution in [0.4, 0.5) is 0 Å². The van der Waals surface area contributed by atoms with Crippen molar-refractivity contribution in [1.82, 2.24) is 5.43 Å². The molecule has 0 aliphatic carbocycles. The van der Waals surface area contributed by atoms with Crippen LogP contribution in [0.5, 0.6) is 0 Å². The molecule has 0 heterocycles. The largest absolute Gasteiger partial charge is 0.330 e. The van der Waals surface area contributed by atoms with Gasteiger partial charge in [-0.1, -0.05) is 24.3 Å². The molecule has 0 bridgehead atoms. The molecular formula is C11H15N3O. The number of nitrogens with one attached hydrogen (secondary N) is 1. The van der Waals surface area contributed by atoms with Crippen molar-refractivity contribution in [1.29, 1.82) is 0 Å². The van der Waals surface area contributed by atoms with E-state index in [1.807, 2.05) is 24.3 Å². The smallest absolute Gasteiger partial charge is 0.265 e. The topological polar surface area (TPSA) is 81.1 Å². The zero-order chi connectivity index (χ0) is 11.1. The van der Waals surface area contributed by atoms with E-state index < -0.39 is 0 Å². The minimum Gasteiger partial charge on any atom is -0.330 e. The lowest BCUT2D eigenvalue weighted by atomic mass is 10.1. The first-order chi connectivity index (χ1) is 7.27. The third kappa shape index (κ3) is 3.53. The van der Waals surface area contributed by atoms with E-state index in [0.717, 1.165) is 12.0 Å². The van der Waals surface area contributed by atoms with E-state index in [2.05, 4.69) is 5.43 Å². The van der Waals surface area contributed by atoms with Crippen molar-refractivity contribution in [2.75, 3.05) is 6.54 Å². The highest BCUT2D eigenvalue weighted by atomic mass is 16.2. The van der Waals surface area contributed by atoms with Gasteiger partial charge in [0.05, 0.1) is 0 Å². The molecule has 4 nitrogen and oxygen atoms in total. The fourth-order valence-electron chi connectivity index (χ4n) is 1.14. The Labute approximate surface area is 88.9 Å². The van der Waals surface area contributed by atoms with Crippen LogP contribution in [0.2, 0.25) is 0 Å². The predicted octanol–water partition coefficient (Wildman–Crippen LogP) is 0.652. The van der Waals surface area contributed by atoms with E-state index in [9.17, 15) is 4.79 Å². The summed E-state index contributed by atoms with van der Waals surface area (Å²) in [5.74, 6) is 4.73. The highest BCUT2D eigenvalue weighted by Gasteiger charge is 2.00. The second-order valence-electron chi connectivity index (χ2n) is 3.08. The van der Waals surface area contributed by atoms with E-state index in [1.165, 1.54) is 0 Å². The molecule has 0 aliphatic heterocycles.